The highest BCUT2D eigenvalue weighted by Gasteiger charge is 2.27. The Hall–Kier alpha value is -4.07. The number of pyridine rings is 1. The summed E-state index contributed by atoms with van der Waals surface area (Å²) in [5.74, 6) is 0.630. The van der Waals surface area contributed by atoms with Crippen LogP contribution in [0, 0.1) is 6.92 Å². The number of hydrogen-bond acceptors (Lipinski definition) is 5. The van der Waals surface area contributed by atoms with Crippen molar-refractivity contribution in [2.45, 2.75) is 52.7 Å². The van der Waals surface area contributed by atoms with Crippen molar-refractivity contribution in [3.8, 4) is 11.3 Å². The maximum Gasteiger partial charge on any atom is 0.410 e. The molecular formula is C30H35N5O3. The average molecular weight is 514 g/mol. The van der Waals surface area contributed by atoms with Gasteiger partial charge in [0.1, 0.15) is 5.60 Å². The number of fused-ring (bicyclic) bond motifs is 2. The molecule has 1 aromatic heterocycles. The highest BCUT2D eigenvalue weighted by atomic mass is 16.6. The highest BCUT2D eigenvalue weighted by Crippen LogP contribution is 2.31. The quantitative estimate of drug-likeness (QED) is 0.426. The monoisotopic (exact) mass is 513 g/mol. The molecule has 38 heavy (non-hydrogen) atoms. The van der Waals surface area contributed by atoms with Gasteiger partial charge < -0.3 is 20.3 Å². The summed E-state index contributed by atoms with van der Waals surface area (Å²) in [5.41, 5.74) is 6.25. The number of carbonyl (C=O) groups excluding carboxylic acids is 2. The van der Waals surface area contributed by atoms with Gasteiger partial charge in [-0.05, 0) is 82.0 Å². The van der Waals surface area contributed by atoms with E-state index < -0.39 is 5.60 Å². The normalized spacial score (nSPS) is 15.1. The smallest absolute Gasteiger partial charge is 0.410 e. The molecule has 2 aromatic carbocycles. The predicted octanol–water partition coefficient (Wildman–Crippen LogP) is 6.20. The maximum absolute atomic E-state index is 13.5. The van der Waals surface area contributed by atoms with E-state index in [0.29, 0.717) is 31.9 Å². The lowest BCUT2D eigenvalue weighted by molar-refractivity contribution is 0.0224. The van der Waals surface area contributed by atoms with Crippen LogP contribution in [0.4, 0.5) is 26.8 Å². The second-order valence-electron chi connectivity index (χ2n) is 10.9. The highest BCUT2D eigenvalue weighted by molar-refractivity contribution is 6.03. The summed E-state index contributed by atoms with van der Waals surface area (Å²) in [6.07, 6.45) is 1.22. The fourth-order valence-corrected chi connectivity index (χ4v) is 4.83. The van der Waals surface area contributed by atoms with Crippen LogP contribution in [0.15, 0.2) is 54.6 Å². The third-order valence-electron chi connectivity index (χ3n) is 6.69. The van der Waals surface area contributed by atoms with Gasteiger partial charge >= 0.3 is 12.1 Å². The molecule has 2 aliphatic rings. The topological polar surface area (TPSA) is 86.8 Å². The van der Waals surface area contributed by atoms with Gasteiger partial charge in [0.2, 0.25) is 0 Å². The molecule has 2 aliphatic heterocycles. The Morgan fingerprint density at radius 2 is 1.87 bits per heavy atom. The summed E-state index contributed by atoms with van der Waals surface area (Å²) in [7, 11) is 0. The van der Waals surface area contributed by atoms with Crippen molar-refractivity contribution >= 4 is 29.3 Å². The molecule has 3 amide bonds. The zero-order valence-corrected chi connectivity index (χ0v) is 22.5. The van der Waals surface area contributed by atoms with E-state index >= 15 is 0 Å². The number of aryl methyl sites for hydroxylation is 1. The summed E-state index contributed by atoms with van der Waals surface area (Å²) < 4.78 is 5.53. The van der Waals surface area contributed by atoms with Crippen LogP contribution in [-0.4, -0.2) is 47.2 Å². The van der Waals surface area contributed by atoms with Crippen LogP contribution in [0.5, 0.6) is 0 Å². The van der Waals surface area contributed by atoms with E-state index in [9.17, 15) is 9.59 Å². The SMILES string of the molecule is Cc1cccc(-c2ccc3c(n2)N(C(=O)Nc2ccc4c(c2)CCN(C(=O)OC(C)(C)C)C4)CCCN3)c1. The number of amides is 3. The molecule has 0 atom stereocenters. The molecule has 0 saturated carbocycles. The van der Waals surface area contributed by atoms with Crippen LogP contribution in [-0.2, 0) is 17.7 Å². The minimum Gasteiger partial charge on any atom is -0.444 e. The van der Waals surface area contributed by atoms with Crippen molar-refractivity contribution in [3.05, 3.63) is 71.3 Å². The van der Waals surface area contributed by atoms with Crippen LogP contribution < -0.4 is 15.5 Å². The largest absolute Gasteiger partial charge is 0.444 e. The molecule has 0 radical (unpaired) electrons. The van der Waals surface area contributed by atoms with Crippen molar-refractivity contribution in [3.63, 3.8) is 0 Å². The van der Waals surface area contributed by atoms with Crippen molar-refractivity contribution in [2.75, 3.05) is 35.2 Å². The van der Waals surface area contributed by atoms with Crippen LogP contribution in [0.1, 0.15) is 43.9 Å². The summed E-state index contributed by atoms with van der Waals surface area (Å²) >= 11 is 0. The van der Waals surface area contributed by atoms with Crippen LogP contribution in [0.2, 0.25) is 0 Å². The van der Waals surface area contributed by atoms with E-state index in [1.165, 1.54) is 0 Å². The van der Waals surface area contributed by atoms with E-state index in [-0.39, 0.29) is 12.1 Å². The lowest BCUT2D eigenvalue weighted by Gasteiger charge is -2.31. The zero-order valence-electron chi connectivity index (χ0n) is 22.5. The number of rotatable bonds is 2. The molecule has 2 N–H and O–H groups in total. The number of carbonyl (C=O) groups is 2. The van der Waals surface area contributed by atoms with Crippen molar-refractivity contribution in [2.24, 2.45) is 0 Å². The zero-order chi connectivity index (χ0) is 26.9. The Kier molecular flexibility index (Phi) is 6.97. The molecule has 0 unspecified atom stereocenters. The summed E-state index contributed by atoms with van der Waals surface area (Å²) in [5, 5.41) is 6.48. The van der Waals surface area contributed by atoms with Gasteiger partial charge in [0.25, 0.3) is 0 Å². The molecule has 8 nitrogen and oxygen atoms in total. The van der Waals surface area contributed by atoms with Crippen LogP contribution in [0.25, 0.3) is 11.3 Å². The van der Waals surface area contributed by atoms with Crippen molar-refractivity contribution < 1.29 is 14.3 Å². The third kappa shape index (κ3) is 5.74. The number of hydrogen-bond donors (Lipinski definition) is 2. The van der Waals surface area contributed by atoms with Crippen LogP contribution in [0.3, 0.4) is 0 Å². The fourth-order valence-electron chi connectivity index (χ4n) is 4.83. The number of benzene rings is 2. The number of aromatic nitrogens is 1. The number of nitrogens with zero attached hydrogens (tertiary/aromatic N) is 3. The Morgan fingerprint density at radius 1 is 1.03 bits per heavy atom. The Bertz CT molecular complexity index is 1360. The first kappa shape index (κ1) is 25.6. The molecule has 3 heterocycles. The Balaban J connectivity index is 1.33. The third-order valence-corrected chi connectivity index (χ3v) is 6.69. The van der Waals surface area contributed by atoms with Gasteiger partial charge in [-0.25, -0.2) is 14.6 Å². The minimum absolute atomic E-state index is 0.213. The first-order valence-electron chi connectivity index (χ1n) is 13.2. The molecule has 0 aliphatic carbocycles. The van der Waals surface area contributed by atoms with E-state index in [1.807, 2.05) is 63.2 Å². The number of ether oxygens (including phenoxy) is 1. The van der Waals surface area contributed by atoms with E-state index in [0.717, 1.165) is 52.3 Å². The molecule has 5 rings (SSSR count). The second kappa shape index (κ2) is 10.4. The molecular weight excluding hydrogens is 478 g/mol. The number of urea groups is 1. The first-order valence-corrected chi connectivity index (χ1v) is 13.2. The molecule has 0 bridgehead atoms. The minimum atomic E-state index is -0.525. The van der Waals surface area contributed by atoms with E-state index in [2.05, 4.69) is 29.7 Å². The first-order chi connectivity index (χ1) is 18.2. The van der Waals surface area contributed by atoms with Gasteiger partial charge in [-0.1, -0.05) is 29.8 Å². The fraction of sp³-hybridized carbons (Fsp3) is 0.367. The Labute approximate surface area is 224 Å². The molecule has 3 aromatic rings. The van der Waals surface area contributed by atoms with Gasteiger partial charge in [-0.15, -0.1) is 0 Å². The molecule has 0 spiro atoms. The lowest BCUT2D eigenvalue weighted by atomic mass is 9.99. The molecule has 0 fully saturated rings. The van der Waals surface area contributed by atoms with Gasteiger partial charge in [0, 0.05) is 37.4 Å². The maximum atomic E-state index is 13.5. The van der Waals surface area contributed by atoms with Crippen LogP contribution >= 0.6 is 0 Å². The van der Waals surface area contributed by atoms with Gasteiger partial charge in [0.05, 0.1) is 11.4 Å². The molecule has 8 heteroatoms. The predicted molar refractivity (Wildman–Crippen MR) is 151 cm³/mol. The van der Waals surface area contributed by atoms with Crippen molar-refractivity contribution in [1.82, 2.24) is 9.88 Å². The standard InChI is InChI=1S/C30H35N5O3/c1-20-7-5-8-22(17-20)25-11-12-26-27(33-25)35(15-6-14-31-26)28(36)32-24-10-9-23-19-34(16-13-21(23)18-24)29(37)38-30(2,3)4/h5,7-12,17-18,31H,6,13-16,19H2,1-4H3,(H,32,36). The summed E-state index contributed by atoms with van der Waals surface area (Å²) in [6, 6.07) is 17.9. The number of nitrogens with one attached hydrogen (secondary N) is 2. The molecule has 0 saturated heterocycles. The molecule has 198 valence electrons. The van der Waals surface area contributed by atoms with Crippen molar-refractivity contribution in [1.29, 1.82) is 0 Å². The second-order valence-corrected chi connectivity index (χ2v) is 10.9. The van der Waals surface area contributed by atoms with Gasteiger partial charge in [-0.3, -0.25) is 4.90 Å². The Morgan fingerprint density at radius 3 is 2.66 bits per heavy atom. The van der Waals surface area contributed by atoms with E-state index in [4.69, 9.17) is 9.72 Å². The summed E-state index contributed by atoms with van der Waals surface area (Å²) in [4.78, 5) is 34.4. The number of anilines is 3. The van der Waals surface area contributed by atoms with Gasteiger partial charge in [-0.2, -0.15) is 0 Å². The van der Waals surface area contributed by atoms with Gasteiger partial charge in [0.15, 0.2) is 5.82 Å². The lowest BCUT2D eigenvalue weighted by Crippen LogP contribution is -2.40. The van der Waals surface area contributed by atoms with E-state index in [1.54, 1.807) is 9.80 Å². The average Bonchev–Trinajstić information content (AvgIpc) is 3.09. The summed E-state index contributed by atoms with van der Waals surface area (Å²) in [6.45, 7) is 10.1.